The van der Waals surface area contributed by atoms with Crippen molar-refractivity contribution in [1.82, 2.24) is 34.0 Å². The number of halogens is 5. The molecule has 1 amide bonds. The summed E-state index contributed by atoms with van der Waals surface area (Å²) in [5.74, 6) is -1.61. The number of imidazole rings is 2. The standard InChI is InChI=1S/C29H25F5N8O2/c30-19-3-1-17(2-4-19)26-27(41(16-36-26)20-8-11-40(12-9-20)14-22(43)29(32,33)34)21-5-6-25-37-24(15-42(25)39-21)38-28(44)18-7-10-35-23(31)13-18/h1-7,10,13,15-16,20,22,43H,8-9,11-12,14H2,(H,38,44)/t22-/m1/s1. The molecule has 1 aliphatic rings. The quantitative estimate of drug-likeness (QED) is 0.202. The van der Waals surface area contributed by atoms with Crippen LogP contribution in [0.4, 0.5) is 27.8 Å². The number of hydrogen-bond donors (Lipinski definition) is 2. The van der Waals surface area contributed by atoms with Crippen molar-refractivity contribution in [1.29, 1.82) is 0 Å². The molecule has 0 saturated carbocycles. The summed E-state index contributed by atoms with van der Waals surface area (Å²) < 4.78 is 69.2. The number of benzene rings is 1. The number of rotatable bonds is 7. The topological polar surface area (TPSA) is 113 Å². The van der Waals surface area contributed by atoms with Gasteiger partial charge in [0, 0.05) is 49.1 Å². The molecule has 228 valence electrons. The predicted molar refractivity (Wildman–Crippen MR) is 149 cm³/mol. The number of alkyl halides is 3. The largest absolute Gasteiger partial charge is 0.415 e. The van der Waals surface area contributed by atoms with Crippen molar-refractivity contribution in [3.8, 4) is 22.6 Å². The molecule has 2 N–H and O–H groups in total. The first kappa shape index (κ1) is 29.3. The number of piperidine rings is 1. The first-order valence-electron chi connectivity index (χ1n) is 13.6. The lowest BCUT2D eigenvalue weighted by Crippen LogP contribution is -2.44. The van der Waals surface area contributed by atoms with E-state index in [1.165, 1.54) is 35.1 Å². The van der Waals surface area contributed by atoms with Crippen LogP contribution in [-0.4, -0.2) is 77.0 Å². The number of fused-ring (bicyclic) bond motifs is 1. The Hall–Kier alpha value is -4.76. The van der Waals surface area contributed by atoms with Crippen LogP contribution >= 0.6 is 0 Å². The molecule has 5 heterocycles. The summed E-state index contributed by atoms with van der Waals surface area (Å²) >= 11 is 0. The van der Waals surface area contributed by atoms with E-state index in [0.717, 1.165) is 6.07 Å². The SMILES string of the molecule is O=C(Nc1cn2nc(-c3c(-c4ccc(F)cc4)ncn3C3CCN(C[C@@H](O)C(F)(F)F)CC3)ccc2n1)c1ccnc(F)c1. The monoisotopic (exact) mass is 612 g/mol. The van der Waals surface area contributed by atoms with Crippen LogP contribution in [0, 0.1) is 11.8 Å². The van der Waals surface area contributed by atoms with E-state index in [2.05, 4.69) is 20.3 Å². The number of likely N-dealkylation sites (tertiary alicyclic amines) is 1. The van der Waals surface area contributed by atoms with Crippen LogP contribution in [-0.2, 0) is 0 Å². The van der Waals surface area contributed by atoms with E-state index in [0.29, 0.717) is 54.2 Å². The number of hydrogen-bond acceptors (Lipinski definition) is 7. The highest BCUT2D eigenvalue weighted by Gasteiger charge is 2.39. The molecule has 44 heavy (non-hydrogen) atoms. The van der Waals surface area contributed by atoms with Gasteiger partial charge in [-0.15, -0.1) is 0 Å². The molecule has 15 heteroatoms. The van der Waals surface area contributed by atoms with Crippen molar-refractivity contribution in [3.05, 3.63) is 84.6 Å². The molecule has 0 bridgehead atoms. The van der Waals surface area contributed by atoms with E-state index in [1.807, 2.05) is 4.57 Å². The number of nitrogens with one attached hydrogen (secondary N) is 1. The lowest BCUT2D eigenvalue weighted by molar-refractivity contribution is -0.208. The fraction of sp³-hybridized carbons (Fsp3) is 0.276. The molecule has 1 aromatic carbocycles. The van der Waals surface area contributed by atoms with Crippen molar-refractivity contribution in [3.63, 3.8) is 0 Å². The Morgan fingerprint density at radius 3 is 2.50 bits per heavy atom. The average Bonchev–Trinajstić information content (AvgIpc) is 3.61. The third kappa shape index (κ3) is 6.14. The van der Waals surface area contributed by atoms with Gasteiger partial charge in [-0.3, -0.25) is 4.79 Å². The van der Waals surface area contributed by atoms with Gasteiger partial charge in [0.15, 0.2) is 17.6 Å². The molecule has 1 atom stereocenters. The van der Waals surface area contributed by atoms with Gasteiger partial charge in [0.25, 0.3) is 5.91 Å². The summed E-state index contributed by atoms with van der Waals surface area (Å²) in [6.45, 7) is 0.168. The molecule has 10 nitrogen and oxygen atoms in total. The van der Waals surface area contributed by atoms with Gasteiger partial charge in [-0.2, -0.15) is 22.7 Å². The molecule has 1 aliphatic heterocycles. The van der Waals surface area contributed by atoms with Gasteiger partial charge in [0.1, 0.15) is 11.5 Å². The number of anilines is 1. The van der Waals surface area contributed by atoms with Crippen molar-refractivity contribution in [2.45, 2.75) is 31.2 Å². The number of carbonyl (C=O) groups excluding carboxylic acids is 1. The molecule has 1 saturated heterocycles. The van der Waals surface area contributed by atoms with Crippen LogP contribution in [0.1, 0.15) is 29.2 Å². The second-order valence-corrected chi connectivity index (χ2v) is 10.4. The Labute approximate surface area is 246 Å². The summed E-state index contributed by atoms with van der Waals surface area (Å²) in [5, 5.41) is 16.8. The highest BCUT2D eigenvalue weighted by atomic mass is 19.4. The van der Waals surface area contributed by atoms with Crippen LogP contribution in [0.15, 0.2) is 67.3 Å². The number of pyridine rings is 1. The van der Waals surface area contributed by atoms with Gasteiger partial charge in [-0.25, -0.2) is 23.9 Å². The van der Waals surface area contributed by atoms with E-state index in [1.54, 1.807) is 35.5 Å². The first-order valence-corrected chi connectivity index (χ1v) is 13.6. The lowest BCUT2D eigenvalue weighted by atomic mass is 10.0. The molecule has 4 aromatic heterocycles. The second-order valence-electron chi connectivity index (χ2n) is 10.4. The maximum Gasteiger partial charge on any atom is 0.415 e. The highest BCUT2D eigenvalue weighted by Crippen LogP contribution is 2.36. The Bertz CT molecular complexity index is 1800. The molecule has 0 aliphatic carbocycles. The number of β-amino-alcohol motifs (C(OH)–C–C–N with tert-alkyl or cyclic N) is 1. The molecular weight excluding hydrogens is 587 g/mol. The number of aliphatic hydroxyl groups is 1. The smallest absolute Gasteiger partial charge is 0.382 e. The molecule has 0 unspecified atom stereocenters. The van der Waals surface area contributed by atoms with Crippen LogP contribution in [0.5, 0.6) is 0 Å². The minimum Gasteiger partial charge on any atom is -0.382 e. The summed E-state index contributed by atoms with van der Waals surface area (Å²) in [6.07, 6.45) is -1.80. The van der Waals surface area contributed by atoms with E-state index >= 15 is 0 Å². The van der Waals surface area contributed by atoms with E-state index in [9.17, 15) is 31.9 Å². The van der Waals surface area contributed by atoms with Gasteiger partial charge >= 0.3 is 6.18 Å². The number of nitrogens with zero attached hydrogens (tertiary/aromatic N) is 7. The minimum absolute atomic E-state index is 0.0648. The van der Waals surface area contributed by atoms with Crippen molar-refractivity contribution in [2.24, 2.45) is 0 Å². The van der Waals surface area contributed by atoms with Crippen LogP contribution < -0.4 is 5.32 Å². The van der Waals surface area contributed by atoms with Gasteiger partial charge in [0.05, 0.1) is 23.9 Å². The van der Waals surface area contributed by atoms with Crippen molar-refractivity contribution >= 4 is 17.4 Å². The number of aliphatic hydroxyl groups excluding tert-OH is 1. The fourth-order valence-electron chi connectivity index (χ4n) is 5.24. The minimum atomic E-state index is -4.68. The summed E-state index contributed by atoms with van der Waals surface area (Å²) in [7, 11) is 0. The van der Waals surface area contributed by atoms with E-state index in [4.69, 9.17) is 5.10 Å². The summed E-state index contributed by atoms with van der Waals surface area (Å²) in [6, 6.07) is 11.5. The Morgan fingerprint density at radius 2 is 1.80 bits per heavy atom. The summed E-state index contributed by atoms with van der Waals surface area (Å²) in [4.78, 5) is 26.6. The average molecular weight is 613 g/mol. The maximum absolute atomic E-state index is 13.7. The maximum atomic E-state index is 13.7. The molecule has 0 radical (unpaired) electrons. The molecule has 1 fully saturated rings. The zero-order chi connectivity index (χ0) is 31.0. The van der Waals surface area contributed by atoms with Crippen molar-refractivity contribution in [2.75, 3.05) is 25.0 Å². The van der Waals surface area contributed by atoms with Gasteiger partial charge < -0.3 is 19.9 Å². The highest BCUT2D eigenvalue weighted by molar-refractivity contribution is 6.03. The summed E-state index contributed by atoms with van der Waals surface area (Å²) in [5.41, 5.74) is 2.73. The van der Waals surface area contributed by atoms with E-state index in [-0.39, 0.29) is 17.4 Å². The third-order valence-electron chi connectivity index (χ3n) is 7.46. The Morgan fingerprint density at radius 1 is 1.05 bits per heavy atom. The van der Waals surface area contributed by atoms with Gasteiger partial charge in [-0.1, -0.05) is 0 Å². The lowest BCUT2D eigenvalue weighted by Gasteiger charge is -2.34. The number of aromatic nitrogens is 6. The molecule has 0 spiro atoms. The first-order chi connectivity index (χ1) is 21.0. The normalized spacial score (nSPS) is 15.5. The number of amides is 1. The number of carbonyl (C=O) groups is 1. The Kier molecular flexibility index (Phi) is 7.82. The zero-order valence-corrected chi connectivity index (χ0v) is 22.9. The van der Waals surface area contributed by atoms with E-state index < -0.39 is 36.5 Å². The van der Waals surface area contributed by atoms with Gasteiger partial charge in [0.2, 0.25) is 5.95 Å². The third-order valence-corrected chi connectivity index (χ3v) is 7.46. The second kappa shape index (κ2) is 11.7. The fourth-order valence-corrected chi connectivity index (χ4v) is 5.24. The van der Waals surface area contributed by atoms with Gasteiger partial charge in [-0.05, 0) is 55.3 Å². The Balaban J connectivity index is 1.30. The van der Waals surface area contributed by atoms with Crippen LogP contribution in [0.3, 0.4) is 0 Å². The zero-order valence-electron chi connectivity index (χ0n) is 22.9. The molecule has 6 rings (SSSR count). The molecule has 5 aromatic rings. The van der Waals surface area contributed by atoms with Crippen LogP contribution in [0.2, 0.25) is 0 Å². The molecular formula is C29H25F5N8O2. The predicted octanol–water partition coefficient (Wildman–Crippen LogP) is 4.75. The van der Waals surface area contributed by atoms with Crippen molar-refractivity contribution < 1.29 is 31.9 Å². The van der Waals surface area contributed by atoms with Crippen LogP contribution in [0.25, 0.3) is 28.3 Å².